The summed E-state index contributed by atoms with van der Waals surface area (Å²) in [5.41, 5.74) is -3.39. The summed E-state index contributed by atoms with van der Waals surface area (Å²) < 4.78 is 0. The fourth-order valence-corrected chi connectivity index (χ4v) is 1.01. The van der Waals surface area contributed by atoms with Crippen LogP contribution in [0.1, 0.15) is 6.92 Å². The van der Waals surface area contributed by atoms with E-state index >= 15 is 0 Å². The SMILES string of the molecule is CC(CO)(CO)C(CO)(N=C=O)N=C=O. The number of carbonyl (C=O) groups excluding carboxylic acids is 2. The topological polar surface area (TPSA) is 120 Å². The quantitative estimate of drug-likeness (QED) is 0.362. The van der Waals surface area contributed by atoms with E-state index in [0.717, 1.165) is 12.2 Å². The van der Waals surface area contributed by atoms with Crippen molar-refractivity contribution < 1.29 is 24.9 Å². The van der Waals surface area contributed by atoms with Gasteiger partial charge in [-0.2, -0.15) is 9.98 Å². The smallest absolute Gasteiger partial charge is 0.237 e. The maximum atomic E-state index is 10.2. The lowest BCUT2D eigenvalue weighted by Crippen LogP contribution is -2.51. The summed E-state index contributed by atoms with van der Waals surface area (Å²) in [6.45, 7) is -0.763. The van der Waals surface area contributed by atoms with E-state index in [2.05, 4.69) is 9.98 Å². The fourth-order valence-electron chi connectivity index (χ4n) is 1.01. The van der Waals surface area contributed by atoms with Crippen LogP contribution >= 0.6 is 0 Å². The molecule has 0 rings (SSSR count). The number of rotatable bonds is 6. The Kier molecular flexibility index (Phi) is 5.00. The molecule has 0 aromatic rings. The van der Waals surface area contributed by atoms with Gasteiger partial charge in [-0.15, -0.1) is 0 Å². The van der Waals surface area contributed by atoms with Crippen molar-refractivity contribution in [3.8, 4) is 0 Å². The van der Waals surface area contributed by atoms with Crippen molar-refractivity contribution in [3.63, 3.8) is 0 Å². The van der Waals surface area contributed by atoms with Gasteiger partial charge in [-0.05, 0) is 0 Å². The second-order valence-corrected chi connectivity index (χ2v) is 3.26. The first-order chi connectivity index (χ1) is 7.05. The molecule has 0 amide bonds. The van der Waals surface area contributed by atoms with E-state index in [9.17, 15) is 9.59 Å². The van der Waals surface area contributed by atoms with E-state index in [4.69, 9.17) is 15.3 Å². The van der Waals surface area contributed by atoms with Crippen molar-refractivity contribution in [1.82, 2.24) is 0 Å². The molecule has 0 bridgehead atoms. The molecular weight excluding hydrogens is 204 g/mol. The summed E-state index contributed by atoms with van der Waals surface area (Å²) >= 11 is 0. The number of aliphatic hydroxyl groups is 3. The van der Waals surface area contributed by atoms with Crippen molar-refractivity contribution >= 4 is 12.2 Å². The summed E-state index contributed by atoms with van der Waals surface area (Å²) in [5, 5.41) is 27.2. The average Bonchev–Trinajstić information content (AvgIpc) is 2.27. The summed E-state index contributed by atoms with van der Waals surface area (Å²) in [4.78, 5) is 26.7. The Morgan fingerprint density at radius 1 is 1.00 bits per heavy atom. The minimum atomic E-state index is -1.94. The Morgan fingerprint density at radius 3 is 1.60 bits per heavy atom. The van der Waals surface area contributed by atoms with E-state index in [1.54, 1.807) is 0 Å². The van der Waals surface area contributed by atoms with Crippen molar-refractivity contribution in [1.29, 1.82) is 0 Å². The zero-order valence-electron chi connectivity index (χ0n) is 8.17. The molecule has 3 N–H and O–H groups in total. The molecule has 0 aromatic carbocycles. The highest BCUT2D eigenvalue weighted by Gasteiger charge is 2.48. The number of hydrogen-bond acceptors (Lipinski definition) is 7. The van der Waals surface area contributed by atoms with E-state index in [1.165, 1.54) is 6.92 Å². The van der Waals surface area contributed by atoms with Gasteiger partial charge >= 0.3 is 0 Å². The minimum Gasteiger partial charge on any atom is -0.396 e. The van der Waals surface area contributed by atoms with E-state index < -0.39 is 30.9 Å². The van der Waals surface area contributed by atoms with Gasteiger partial charge in [0.15, 0.2) is 0 Å². The summed E-state index contributed by atoms with van der Waals surface area (Å²) in [5.74, 6) is 0. The monoisotopic (exact) mass is 216 g/mol. The highest BCUT2D eigenvalue weighted by atomic mass is 16.3. The molecule has 0 saturated heterocycles. The Balaban J connectivity index is 5.59. The lowest BCUT2D eigenvalue weighted by molar-refractivity contribution is -0.0176. The third-order valence-corrected chi connectivity index (χ3v) is 2.35. The molecule has 0 radical (unpaired) electrons. The minimum absolute atomic E-state index is 0.625. The van der Waals surface area contributed by atoms with Crippen molar-refractivity contribution in [2.45, 2.75) is 12.6 Å². The number of aliphatic hydroxyl groups excluding tert-OH is 3. The predicted molar refractivity (Wildman–Crippen MR) is 48.3 cm³/mol. The van der Waals surface area contributed by atoms with Gasteiger partial charge in [0.1, 0.15) is 0 Å². The van der Waals surface area contributed by atoms with Gasteiger partial charge in [-0.1, -0.05) is 6.92 Å². The molecule has 0 heterocycles. The maximum absolute atomic E-state index is 10.2. The van der Waals surface area contributed by atoms with Gasteiger partial charge in [-0.3, -0.25) is 0 Å². The normalized spacial score (nSPS) is 14.7. The van der Waals surface area contributed by atoms with Gasteiger partial charge in [0.25, 0.3) is 0 Å². The Hall–Kier alpha value is -1.36. The molecule has 0 unspecified atom stereocenters. The first-order valence-corrected chi connectivity index (χ1v) is 4.06. The molecule has 0 fully saturated rings. The van der Waals surface area contributed by atoms with Crippen LogP contribution in [-0.2, 0) is 9.59 Å². The van der Waals surface area contributed by atoms with Crippen LogP contribution < -0.4 is 0 Å². The fraction of sp³-hybridized carbons (Fsp3) is 0.750. The maximum Gasteiger partial charge on any atom is 0.237 e. The van der Waals surface area contributed by atoms with Crippen molar-refractivity contribution in [2.24, 2.45) is 15.4 Å². The zero-order chi connectivity index (χ0) is 11.9. The van der Waals surface area contributed by atoms with E-state index in [0.29, 0.717) is 0 Å². The predicted octanol–water partition coefficient (Wildman–Crippen LogP) is -1.66. The van der Waals surface area contributed by atoms with Crippen LogP contribution in [0.4, 0.5) is 0 Å². The molecule has 7 nitrogen and oxygen atoms in total. The molecular formula is C8H12N2O5. The van der Waals surface area contributed by atoms with Crippen LogP contribution in [0.15, 0.2) is 9.98 Å². The van der Waals surface area contributed by atoms with Gasteiger partial charge in [-0.25, -0.2) is 9.59 Å². The molecule has 15 heavy (non-hydrogen) atoms. The van der Waals surface area contributed by atoms with Gasteiger partial charge in [0, 0.05) is 0 Å². The Labute approximate surface area is 85.8 Å². The molecule has 84 valence electrons. The van der Waals surface area contributed by atoms with E-state index in [1.807, 2.05) is 0 Å². The number of aliphatic imine (C=N–C) groups is 2. The van der Waals surface area contributed by atoms with Crippen LogP contribution in [0.2, 0.25) is 0 Å². The molecule has 0 spiro atoms. The highest BCUT2D eigenvalue weighted by molar-refractivity contribution is 5.40. The summed E-state index contributed by atoms with van der Waals surface area (Å²) in [6, 6.07) is 0. The molecule has 0 aliphatic heterocycles. The van der Waals surface area contributed by atoms with Gasteiger partial charge < -0.3 is 15.3 Å². The molecule has 7 heteroatoms. The first-order valence-electron chi connectivity index (χ1n) is 4.06. The molecule has 0 aromatic heterocycles. The lowest BCUT2D eigenvalue weighted by atomic mass is 9.79. The second-order valence-electron chi connectivity index (χ2n) is 3.26. The van der Waals surface area contributed by atoms with Crippen LogP contribution in [0, 0.1) is 5.41 Å². The number of hydrogen-bond donors (Lipinski definition) is 3. The lowest BCUT2D eigenvalue weighted by Gasteiger charge is -2.36. The Bertz CT molecular complexity index is 282. The summed E-state index contributed by atoms with van der Waals surface area (Å²) in [6.07, 6.45) is 2.28. The number of nitrogens with zero attached hydrogens (tertiary/aromatic N) is 2. The Morgan fingerprint density at radius 2 is 1.40 bits per heavy atom. The van der Waals surface area contributed by atoms with Crippen molar-refractivity contribution in [3.05, 3.63) is 0 Å². The third kappa shape index (κ3) is 2.36. The largest absolute Gasteiger partial charge is 0.396 e. The summed E-state index contributed by atoms with van der Waals surface area (Å²) in [7, 11) is 0. The first kappa shape index (κ1) is 13.6. The van der Waals surface area contributed by atoms with E-state index in [-0.39, 0.29) is 0 Å². The van der Waals surface area contributed by atoms with Crippen LogP contribution in [0.3, 0.4) is 0 Å². The van der Waals surface area contributed by atoms with Gasteiger partial charge in [0.2, 0.25) is 17.8 Å². The van der Waals surface area contributed by atoms with Gasteiger partial charge in [0.05, 0.1) is 25.2 Å². The van der Waals surface area contributed by atoms with Crippen LogP contribution in [0.5, 0.6) is 0 Å². The highest BCUT2D eigenvalue weighted by Crippen LogP contribution is 2.34. The van der Waals surface area contributed by atoms with Crippen LogP contribution in [-0.4, -0.2) is 53.0 Å². The van der Waals surface area contributed by atoms with Crippen molar-refractivity contribution in [2.75, 3.05) is 19.8 Å². The number of isocyanates is 2. The average molecular weight is 216 g/mol. The molecule has 0 aliphatic rings. The zero-order valence-corrected chi connectivity index (χ0v) is 8.17. The van der Waals surface area contributed by atoms with Crippen LogP contribution in [0.25, 0.3) is 0 Å². The third-order valence-electron chi connectivity index (χ3n) is 2.35. The standard InChI is InChI=1S/C8H12N2O5/c1-7(2-11,3-12)8(4-13,9-5-14)10-6-15/h11-13H,2-4H2,1H3. The molecule has 0 saturated carbocycles. The molecule has 0 atom stereocenters. The molecule has 0 aliphatic carbocycles. The second kappa shape index (κ2) is 5.50.